The van der Waals surface area contributed by atoms with Gasteiger partial charge in [0.2, 0.25) is 5.91 Å². The summed E-state index contributed by atoms with van der Waals surface area (Å²) in [6, 6.07) is 7.90. The van der Waals surface area contributed by atoms with Crippen molar-refractivity contribution in [2.24, 2.45) is 0 Å². The number of nitrogens with zero attached hydrogens (tertiary/aromatic N) is 2. The molecule has 20 heavy (non-hydrogen) atoms. The van der Waals surface area contributed by atoms with Gasteiger partial charge in [-0.2, -0.15) is 0 Å². The molecule has 0 aromatic heterocycles. The molecule has 0 spiro atoms. The maximum atomic E-state index is 12.3. The summed E-state index contributed by atoms with van der Waals surface area (Å²) in [5.41, 5.74) is 1.04. The van der Waals surface area contributed by atoms with E-state index in [1.807, 2.05) is 43.3 Å². The number of likely N-dealkylation sites (N-methyl/N-ethyl adjacent to an activating group) is 1. The second kappa shape index (κ2) is 6.72. The molecule has 1 atom stereocenters. The Labute approximate surface area is 120 Å². The molecule has 0 bridgehead atoms. The number of carbonyl (C=O) groups is 1. The predicted molar refractivity (Wildman–Crippen MR) is 76.7 cm³/mol. The Kier molecular flexibility index (Phi) is 4.98. The monoisotopic (exact) mass is 278 g/mol. The number of para-hydroxylation sites is 1. The van der Waals surface area contributed by atoms with Gasteiger partial charge in [0, 0.05) is 25.8 Å². The van der Waals surface area contributed by atoms with Gasteiger partial charge in [0.15, 0.2) is 0 Å². The number of hydrogen-bond donors (Lipinski definition) is 0. The average Bonchev–Trinajstić information content (AvgIpc) is 2.59. The van der Waals surface area contributed by atoms with Crippen molar-refractivity contribution in [3.8, 4) is 5.75 Å². The van der Waals surface area contributed by atoms with Gasteiger partial charge in [-0.05, 0) is 20.2 Å². The van der Waals surface area contributed by atoms with Crippen LogP contribution in [0, 0.1) is 0 Å². The Morgan fingerprint density at radius 3 is 2.90 bits per heavy atom. The van der Waals surface area contributed by atoms with Gasteiger partial charge in [0.1, 0.15) is 19.0 Å². The smallest absolute Gasteiger partial charge is 0.249 e. The topological polar surface area (TPSA) is 42.0 Å². The molecule has 1 heterocycles. The first-order valence-corrected chi connectivity index (χ1v) is 6.75. The Morgan fingerprint density at radius 2 is 2.20 bits per heavy atom. The largest absolute Gasteiger partial charge is 0.491 e. The highest BCUT2D eigenvalue weighted by Crippen LogP contribution is 2.25. The molecule has 0 saturated heterocycles. The van der Waals surface area contributed by atoms with E-state index in [2.05, 4.69) is 4.90 Å². The summed E-state index contributed by atoms with van der Waals surface area (Å²) in [6.45, 7) is 1.94. The zero-order valence-electron chi connectivity index (χ0n) is 12.3. The first kappa shape index (κ1) is 14.8. The number of rotatable bonds is 4. The first-order valence-electron chi connectivity index (χ1n) is 6.75. The first-order chi connectivity index (χ1) is 9.61. The van der Waals surface area contributed by atoms with Crippen molar-refractivity contribution in [3.05, 3.63) is 29.8 Å². The Hall–Kier alpha value is -1.59. The highest BCUT2D eigenvalue weighted by molar-refractivity contribution is 5.78. The van der Waals surface area contributed by atoms with Crippen molar-refractivity contribution in [1.82, 2.24) is 9.80 Å². The Balaban J connectivity index is 2.23. The molecular weight excluding hydrogens is 256 g/mol. The minimum absolute atomic E-state index is 0.000321. The molecule has 5 heteroatoms. The van der Waals surface area contributed by atoms with Crippen molar-refractivity contribution in [3.63, 3.8) is 0 Å². The minimum atomic E-state index is -0.000321. The van der Waals surface area contributed by atoms with Gasteiger partial charge in [0.05, 0.1) is 6.04 Å². The van der Waals surface area contributed by atoms with Crippen molar-refractivity contribution < 1.29 is 14.3 Å². The lowest BCUT2D eigenvalue weighted by molar-refractivity contribution is -0.138. The van der Waals surface area contributed by atoms with E-state index in [9.17, 15) is 4.79 Å². The summed E-state index contributed by atoms with van der Waals surface area (Å²) in [4.78, 5) is 16.2. The number of fused-ring (bicyclic) bond motifs is 1. The summed E-state index contributed by atoms with van der Waals surface area (Å²) < 4.78 is 10.9. The van der Waals surface area contributed by atoms with Crippen LogP contribution in [0.1, 0.15) is 5.56 Å². The van der Waals surface area contributed by atoms with Crippen LogP contribution >= 0.6 is 0 Å². The zero-order valence-corrected chi connectivity index (χ0v) is 12.3. The highest BCUT2D eigenvalue weighted by Gasteiger charge is 2.28. The third-order valence-electron chi connectivity index (χ3n) is 3.35. The lowest BCUT2D eigenvalue weighted by Crippen LogP contribution is -2.48. The molecule has 0 unspecified atom stereocenters. The van der Waals surface area contributed by atoms with Crippen LogP contribution in [0.3, 0.4) is 0 Å². The SMILES string of the molecule is COCC(=O)N1Cc2ccccc2OC[C@@H]1CN(C)C. The van der Waals surface area contributed by atoms with Gasteiger partial charge in [0.25, 0.3) is 0 Å². The van der Waals surface area contributed by atoms with Crippen LogP contribution in [-0.2, 0) is 16.1 Å². The maximum Gasteiger partial charge on any atom is 0.249 e. The normalized spacial score (nSPS) is 18.4. The van der Waals surface area contributed by atoms with E-state index in [0.717, 1.165) is 17.9 Å². The quantitative estimate of drug-likeness (QED) is 0.823. The van der Waals surface area contributed by atoms with Crippen molar-refractivity contribution in [1.29, 1.82) is 0 Å². The molecule has 0 radical (unpaired) electrons. The molecule has 1 aliphatic rings. The van der Waals surface area contributed by atoms with Gasteiger partial charge >= 0.3 is 0 Å². The molecule has 2 rings (SSSR count). The van der Waals surface area contributed by atoms with Crippen LogP contribution in [0.2, 0.25) is 0 Å². The predicted octanol–water partition coefficient (Wildman–Crippen LogP) is 0.984. The van der Waals surface area contributed by atoms with Crippen LogP contribution in [0.4, 0.5) is 0 Å². The summed E-state index contributed by atoms with van der Waals surface area (Å²) in [7, 11) is 5.54. The van der Waals surface area contributed by atoms with Gasteiger partial charge < -0.3 is 19.3 Å². The van der Waals surface area contributed by atoms with Gasteiger partial charge in [-0.15, -0.1) is 0 Å². The molecule has 0 N–H and O–H groups in total. The number of ether oxygens (including phenoxy) is 2. The van der Waals surface area contributed by atoms with Crippen molar-refractivity contribution in [2.45, 2.75) is 12.6 Å². The highest BCUT2D eigenvalue weighted by atomic mass is 16.5. The molecule has 1 aromatic carbocycles. The van der Waals surface area contributed by atoms with E-state index < -0.39 is 0 Å². The van der Waals surface area contributed by atoms with Crippen LogP contribution in [0.15, 0.2) is 24.3 Å². The Bertz CT molecular complexity index is 462. The Morgan fingerprint density at radius 1 is 1.45 bits per heavy atom. The van der Waals surface area contributed by atoms with E-state index >= 15 is 0 Å². The number of amides is 1. The van der Waals surface area contributed by atoms with Crippen molar-refractivity contribution in [2.75, 3.05) is 41.0 Å². The van der Waals surface area contributed by atoms with Gasteiger partial charge in [-0.25, -0.2) is 0 Å². The lowest BCUT2D eigenvalue weighted by Gasteiger charge is -2.31. The second-order valence-corrected chi connectivity index (χ2v) is 5.29. The molecule has 0 aliphatic carbocycles. The van der Waals surface area contributed by atoms with E-state index in [1.165, 1.54) is 0 Å². The number of hydrogen-bond acceptors (Lipinski definition) is 4. The van der Waals surface area contributed by atoms with Gasteiger partial charge in [-0.3, -0.25) is 4.79 Å². The van der Waals surface area contributed by atoms with Crippen LogP contribution in [0.5, 0.6) is 5.75 Å². The minimum Gasteiger partial charge on any atom is -0.491 e. The van der Waals surface area contributed by atoms with E-state index in [-0.39, 0.29) is 18.6 Å². The van der Waals surface area contributed by atoms with Crippen LogP contribution in [0.25, 0.3) is 0 Å². The molecule has 1 aromatic rings. The van der Waals surface area contributed by atoms with E-state index in [4.69, 9.17) is 9.47 Å². The second-order valence-electron chi connectivity index (χ2n) is 5.29. The fourth-order valence-electron chi connectivity index (χ4n) is 2.43. The fourth-order valence-corrected chi connectivity index (χ4v) is 2.43. The molecule has 1 amide bonds. The van der Waals surface area contributed by atoms with E-state index in [0.29, 0.717) is 13.2 Å². The molecular formula is C15H22N2O3. The van der Waals surface area contributed by atoms with Crippen LogP contribution < -0.4 is 4.74 Å². The standard InChI is InChI=1S/C15H22N2O3/c1-16(2)9-13-10-20-14-7-5-4-6-12(14)8-17(13)15(18)11-19-3/h4-7,13H,8-11H2,1-3H3/t13-/m0/s1. The molecule has 0 fully saturated rings. The number of methoxy groups -OCH3 is 1. The zero-order chi connectivity index (χ0) is 14.5. The molecule has 110 valence electrons. The van der Waals surface area contributed by atoms with Crippen molar-refractivity contribution >= 4 is 5.91 Å². The number of carbonyl (C=O) groups excluding carboxylic acids is 1. The molecule has 1 aliphatic heterocycles. The average molecular weight is 278 g/mol. The molecule has 5 nitrogen and oxygen atoms in total. The summed E-state index contributed by atoms with van der Waals surface area (Å²) >= 11 is 0. The summed E-state index contributed by atoms with van der Waals surface area (Å²) in [5, 5.41) is 0. The fraction of sp³-hybridized carbons (Fsp3) is 0.533. The lowest BCUT2D eigenvalue weighted by atomic mass is 10.1. The maximum absolute atomic E-state index is 12.3. The summed E-state index contributed by atoms with van der Waals surface area (Å²) in [5.74, 6) is 0.864. The van der Waals surface area contributed by atoms with Crippen LogP contribution in [-0.4, -0.2) is 62.7 Å². The van der Waals surface area contributed by atoms with E-state index in [1.54, 1.807) is 7.11 Å². The third-order valence-corrected chi connectivity index (χ3v) is 3.35. The molecule has 0 saturated carbocycles. The summed E-state index contributed by atoms with van der Waals surface area (Å²) in [6.07, 6.45) is 0. The number of benzene rings is 1. The van der Waals surface area contributed by atoms with Gasteiger partial charge in [-0.1, -0.05) is 18.2 Å². The third kappa shape index (κ3) is 3.49.